The lowest BCUT2D eigenvalue weighted by Crippen LogP contribution is -2.48. The van der Waals surface area contributed by atoms with Crippen LogP contribution < -0.4 is 15.4 Å². The van der Waals surface area contributed by atoms with E-state index in [9.17, 15) is 22.8 Å². The first-order valence-corrected chi connectivity index (χ1v) is 9.73. The van der Waals surface area contributed by atoms with Gasteiger partial charge in [0, 0.05) is 18.8 Å². The topological polar surface area (TPSA) is 102 Å². The van der Waals surface area contributed by atoms with Gasteiger partial charge in [0.05, 0.1) is 30.5 Å². The molecule has 2 aliphatic rings. The van der Waals surface area contributed by atoms with Crippen molar-refractivity contribution in [2.45, 2.75) is 25.6 Å². The van der Waals surface area contributed by atoms with Crippen molar-refractivity contribution in [3.63, 3.8) is 0 Å². The quantitative estimate of drug-likeness (QED) is 0.740. The molecule has 0 unspecified atom stereocenters. The van der Waals surface area contributed by atoms with E-state index in [-0.39, 0.29) is 37.1 Å². The Hall–Kier alpha value is -3.37. The Kier molecular flexibility index (Phi) is 5.42. The second-order valence-corrected chi connectivity index (χ2v) is 7.55. The first-order chi connectivity index (χ1) is 14.7. The third kappa shape index (κ3) is 4.70. The average Bonchev–Trinajstić information content (AvgIpc) is 3.55. The molecule has 2 aromatic rings. The monoisotopic (exact) mass is 435 g/mol. The number of aromatic nitrogens is 2. The first kappa shape index (κ1) is 20.9. The van der Waals surface area contributed by atoms with Crippen LogP contribution in [-0.4, -0.2) is 46.4 Å². The van der Waals surface area contributed by atoms with Gasteiger partial charge in [-0.25, -0.2) is 4.98 Å². The number of nitrogen functional groups attached to an aromatic ring is 1. The highest BCUT2D eigenvalue weighted by Gasteiger charge is 2.35. The van der Waals surface area contributed by atoms with Gasteiger partial charge in [-0.2, -0.15) is 13.2 Å². The van der Waals surface area contributed by atoms with Crippen LogP contribution in [-0.2, 0) is 22.3 Å². The van der Waals surface area contributed by atoms with E-state index >= 15 is 0 Å². The highest BCUT2D eigenvalue weighted by molar-refractivity contribution is 6.40. The van der Waals surface area contributed by atoms with Gasteiger partial charge in [0.25, 0.3) is 0 Å². The number of alkyl halides is 3. The zero-order chi connectivity index (χ0) is 22.2. The lowest BCUT2D eigenvalue weighted by Gasteiger charge is -2.31. The molecule has 0 spiro atoms. The molecule has 8 nitrogen and oxygen atoms in total. The summed E-state index contributed by atoms with van der Waals surface area (Å²) in [5.74, 6) is -0.659. The third-order valence-electron chi connectivity index (χ3n) is 5.13. The number of pyridine rings is 2. The van der Waals surface area contributed by atoms with Crippen LogP contribution in [0.25, 0.3) is 0 Å². The Morgan fingerprint density at radius 2 is 2.00 bits per heavy atom. The van der Waals surface area contributed by atoms with Gasteiger partial charge in [0.1, 0.15) is 23.9 Å². The maximum Gasteiger partial charge on any atom is 0.417 e. The summed E-state index contributed by atoms with van der Waals surface area (Å²) < 4.78 is 43.8. The van der Waals surface area contributed by atoms with Gasteiger partial charge in [0.15, 0.2) is 0 Å². The maximum absolute atomic E-state index is 13.1. The molecule has 2 N–H and O–H groups in total. The van der Waals surface area contributed by atoms with Gasteiger partial charge in [-0.3, -0.25) is 19.5 Å². The van der Waals surface area contributed by atoms with E-state index in [1.165, 1.54) is 28.1 Å². The van der Waals surface area contributed by atoms with Gasteiger partial charge < -0.3 is 15.4 Å². The number of hydrogen-bond donors (Lipinski definition) is 1. The Morgan fingerprint density at radius 3 is 2.65 bits per heavy atom. The van der Waals surface area contributed by atoms with E-state index < -0.39 is 23.6 Å². The molecular formula is C20H20F3N5O3. The molecule has 31 heavy (non-hydrogen) atoms. The van der Waals surface area contributed by atoms with Crippen molar-refractivity contribution < 1.29 is 27.5 Å². The molecule has 0 bridgehead atoms. The first-order valence-electron chi connectivity index (χ1n) is 9.73. The van der Waals surface area contributed by atoms with E-state index in [2.05, 4.69) is 9.97 Å². The number of halogens is 3. The number of hydrogen-bond acceptors (Lipinski definition) is 6. The Labute approximate surface area is 175 Å². The highest BCUT2D eigenvalue weighted by Crippen LogP contribution is 2.34. The zero-order valence-electron chi connectivity index (χ0n) is 16.4. The van der Waals surface area contributed by atoms with Gasteiger partial charge in [-0.05, 0) is 30.9 Å². The summed E-state index contributed by atoms with van der Waals surface area (Å²) in [4.78, 5) is 36.5. The summed E-state index contributed by atoms with van der Waals surface area (Å²) in [5, 5.41) is 0. The van der Waals surface area contributed by atoms with Gasteiger partial charge in [-0.15, -0.1) is 0 Å². The molecule has 4 rings (SSSR count). The number of rotatable bonds is 4. The minimum atomic E-state index is -4.49. The number of carbonyl (C=O) groups is 2. The largest absolute Gasteiger partial charge is 0.489 e. The average molecular weight is 435 g/mol. The molecule has 2 aromatic heterocycles. The van der Waals surface area contributed by atoms with Crippen LogP contribution in [0.1, 0.15) is 24.1 Å². The predicted octanol–water partition coefficient (Wildman–Crippen LogP) is 2.24. The fourth-order valence-corrected chi connectivity index (χ4v) is 3.30. The predicted molar refractivity (Wildman–Crippen MR) is 104 cm³/mol. The summed E-state index contributed by atoms with van der Waals surface area (Å²) >= 11 is 0. The van der Waals surface area contributed by atoms with Gasteiger partial charge >= 0.3 is 18.0 Å². The van der Waals surface area contributed by atoms with Crippen molar-refractivity contribution in [3.05, 3.63) is 41.9 Å². The van der Waals surface area contributed by atoms with Crippen LogP contribution in [0, 0.1) is 5.92 Å². The molecular weight excluding hydrogens is 415 g/mol. The van der Waals surface area contributed by atoms with Crippen molar-refractivity contribution in [2.24, 2.45) is 5.92 Å². The SMILES string of the molecule is Nc1cc2c(cn1)N(C(=O)C(=O)N(Cc1ccc(C(F)(F)F)cn1)CC1CC1)CCO2. The molecule has 0 saturated heterocycles. The lowest BCUT2D eigenvalue weighted by molar-refractivity contribution is -0.145. The second kappa shape index (κ2) is 8.05. The zero-order valence-corrected chi connectivity index (χ0v) is 16.4. The standard InChI is InChI=1S/C20H20F3N5O3/c21-20(22,23)13-3-4-14(25-8-13)11-27(10-12-1-2-12)18(29)19(30)28-5-6-31-16-7-17(24)26-9-15(16)28/h3-4,7-9,12H,1-2,5-6,10-11H2,(H2,24,26). The number of nitrogens with zero attached hydrogens (tertiary/aromatic N) is 4. The Bertz CT molecular complexity index is 993. The van der Waals surface area contributed by atoms with E-state index in [1.54, 1.807) is 0 Å². The van der Waals surface area contributed by atoms with Crippen molar-refractivity contribution in [1.82, 2.24) is 14.9 Å². The summed E-state index contributed by atoms with van der Waals surface area (Å²) in [6.45, 7) is 0.637. The Morgan fingerprint density at radius 1 is 1.23 bits per heavy atom. The molecule has 2 amide bonds. The fraction of sp³-hybridized carbons (Fsp3) is 0.400. The summed E-state index contributed by atoms with van der Waals surface area (Å²) in [5.41, 5.74) is 5.39. The Balaban J connectivity index is 1.53. The number of amides is 2. The molecule has 164 valence electrons. The third-order valence-corrected chi connectivity index (χ3v) is 5.13. The van der Waals surface area contributed by atoms with E-state index in [4.69, 9.17) is 10.5 Å². The number of carbonyl (C=O) groups excluding carboxylic acids is 2. The molecule has 3 heterocycles. The van der Waals surface area contributed by atoms with E-state index in [0.29, 0.717) is 18.0 Å². The number of fused-ring (bicyclic) bond motifs is 1. The van der Waals surface area contributed by atoms with Crippen molar-refractivity contribution in [2.75, 3.05) is 30.3 Å². The smallest absolute Gasteiger partial charge is 0.417 e. The highest BCUT2D eigenvalue weighted by atomic mass is 19.4. The van der Waals surface area contributed by atoms with Crippen LogP contribution in [0.15, 0.2) is 30.6 Å². The van der Waals surface area contributed by atoms with E-state index in [1.807, 2.05) is 0 Å². The van der Waals surface area contributed by atoms with E-state index in [0.717, 1.165) is 25.1 Å². The van der Waals surface area contributed by atoms with Crippen LogP contribution in [0.2, 0.25) is 0 Å². The summed E-state index contributed by atoms with van der Waals surface area (Å²) in [6, 6.07) is 3.61. The summed E-state index contributed by atoms with van der Waals surface area (Å²) in [7, 11) is 0. The molecule has 0 radical (unpaired) electrons. The molecule has 1 saturated carbocycles. The molecule has 0 aromatic carbocycles. The van der Waals surface area contributed by atoms with Crippen LogP contribution in [0.4, 0.5) is 24.7 Å². The van der Waals surface area contributed by atoms with Crippen molar-refractivity contribution in [3.8, 4) is 5.75 Å². The molecule has 0 atom stereocenters. The van der Waals surface area contributed by atoms with Gasteiger partial charge in [0.2, 0.25) is 0 Å². The maximum atomic E-state index is 13.1. The minimum absolute atomic E-state index is 0.0591. The second-order valence-electron chi connectivity index (χ2n) is 7.55. The summed E-state index contributed by atoms with van der Waals surface area (Å²) in [6.07, 6.45) is -0.529. The lowest BCUT2D eigenvalue weighted by atomic mass is 10.2. The molecule has 1 aliphatic heterocycles. The number of anilines is 2. The van der Waals surface area contributed by atoms with Crippen molar-refractivity contribution >= 4 is 23.3 Å². The molecule has 11 heteroatoms. The molecule has 1 fully saturated rings. The van der Waals surface area contributed by atoms with Gasteiger partial charge in [-0.1, -0.05) is 0 Å². The molecule has 1 aliphatic carbocycles. The minimum Gasteiger partial charge on any atom is -0.489 e. The number of nitrogens with two attached hydrogens (primary N) is 1. The normalized spacial score (nSPS) is 15.8. The van der Waals surface area contributed by atoms with Crippen molar-refractivity contribution in [1.29, 1.82) is 0 Å². The van der Waals surface area contributed by atoms with Crippen LogP contribution >= 0.6 is 0 Å². The fourth-order valence-electron chi connectivity index (χ4n) is 3.30. The van der Waals surface area contributed by atoms with Crippen LogP contribution in [0.5, 0.6) is 5.75 Å². The van der Waals surface area contributed by atoms with Crippen LogP contribution in [0.3, 0.4) is 0 Å². The number of ether oxygens (including phenoxy) is 1.